The van der Waals surface area contributed by atoms with Gasteiger partial charge in [0, 0.05) is 11.8 Å². The molecule has 2 aromatic heterocycles. The van der Waals surface area contributed by atoms with Crippen LogP contribution >= 0.6 is 0 Å². The molecule has 0 aliphatic carbocycles. The van der Waals surface area contributed by atoms with Crippen LogP contribution in [0, 0.1) is 5.82 Å². The van der Waals surface area contributed by atoms with Crippen LogP contribution < -0.4 is 5.73 Å². The molecule has 0 spiro atoms. The molecule has 2 heterocycles. The average molecular weight is 247 g/mol. The van der Waals surface area contributed by atoms with Gasteiger partial charge in [-0.05, 0) is 18.2 Å². The smallest absolute Gasteiger partial charge is 0.358 e. The van der Waals surface area contributed by atoms with Gasteiger partial charge in [-0.15, -0.1) is 0 Å². The van der Waals surface area contributed by atoms with Gasteiger partial charge in [-0.25, -0.2) is 14.2 Å². The van der Waals surface area contributed by atoms with Crippen molar-refractivity contribution in [2.75, 3.05) is 12.8 Å². The maximum absolute atomic E-state index is 13.1. The Morgan fingerprint density at radius 1 is 1.39 bits per heavy atom. The molecular formula is C12H10FN3O2. The standard InChI is InChI=1S/C12H10FN3O2/c1-18-12(17)11-9(14)2-3-10(16-11)7-4-8(13)6-15-5-7/h2-6H,14H2,1H3. The summed E-state index contributed by atoms with van der Waals surface area (Å²) in [5.74, 6) is -1.12. The first-order valence-electron chi connectivity index (χ1n) is 5.07. The summed E-state index contributed by atoms with van der Waals surface area (Å²) in [6.45, 7) is 0. The Hall–Kier alpha value is -2.50. The lowest BCUT2D eigenvalue weighted by atomic mass is 10.1. The Morgan fingerprint density at radius 2 is 2.17 bits per heavy atom. The highest BCUT2D eigenvalue weighted by molar-refractivity contribution is 5.93. The van der Waals surface area contributed by atoms with Crippen LogP contribution in [0.3, 0.4) is 0 Å². The maximum Gasteiger partial charge on any atom is 0.358 e. The molecule has 0 radical (unpaired) electrons. The number of methoxy groups -OCH3 is 1. The van der Waals surface area contributed by atoms with E-state index >= 15 is 0 Å². The molecular weight excluding hydrogens is 237 g/mol. The van der Waals surface area contributed by atoms with Crippen molar-refractivity contribution in [2.45, 2.75) is 0 Å². The van der Waals surface area contributed by atoms with Crippen molar-refractivity contribution in [3.8, 4) is 11.3 Å². The number of carbonyl (C=O) groups excluding carboxylic acids is 1. The van der Waals surface area contributed by atoms with E-state index in [1.165, 1.54) is 25.4 Å². The summed E-state index contributed by atoms with van der Waals surface area (Å²) >= 11 is 0. The predicted molar refractivity (Wildman–Crippen MR) is 63.2 cm³/mol. The van der Waals surface area contributed by atoms with Crippen molar-refractivity contribution < 1.29 is 13.9 Å². The van der Waals surface area contributed by atoms with Crippen LogP contribution in [0.4, 0.5) is 10.1 Å². The van der Waals surface area contributed by atoms with Crippen molar-refractivity contribution in [1.29, 1.82) is 0 Å². The summed E-state index contributed by atoms with van der Waals surface area (Å²) in [5.41, 5.74) is 6.68. The van der Waals surface area contributed by atoms with Gasteiger partial charge in [0.05, 0.1) is 24.7 Å². The van der Waals surface area contributed by atoms with Crippen molar-refractivity contribution in [3.63, 3.8) is 0 Å². The van der Waals surface area contributed by atoms with Gasteiger partial charge < -0.3 is 10.5 Å². The second kappa shape index (κ2) is 4.79. The van der Waals surface area contributed by atoms with Crippen LogP contribution in [0.2, 0.25) is 0 Å². The first-order valence-corrected chi connectivity index (χ1v) is 5.07. The van der Waals surface area contributed by atoms with Gasteiger partial charge in [0.25, 0.3) is 0 Å². The van der Waals surface area contributed by atoms with Crippen LogP contribution in [0.1, 0.15) is 10.5 Å². The van der Waals surface area contributed by atoms with Gasteiger partial charge in [-0.3, -0.25) is 4.98 Å². The molecule has 0 unspecified atom stereocenters. The van der Waals surface area contributed by atoms with E-state index in [9.17, 15) is 9.18 Å². The Labute approximate surface area is 102 Å². The molecule has 92 valence electrons. The number of carbonyl (C=O) groups is 1. The summed E-state index contributed by atoms with van der Waals surface area (Å²) in [7, 11) is 1.24. The number of ether oxygens (including phenoxy) is 1. The summed E-state index contributed by atoms with van der Waals surface area (Å²) in [6, 6.07) is 4.37. The zero-order chi connectivity index (χ0) is 13.1. The van der Waals surface area contributed by atoms with Gasteiger partial charge >= 0.3 is 5.97 Å². The Balaban J connectivity index is 2.50. The predicted octanol–water partition coefficient (Wildman–Crippen LogP) is 1.65. The normalized spacial score (nSPS) is 10.1. The highest BCUT2D eigenvalue weighted by atomic mass is 19.1. The summed E-state index contributed by atoms with van der Waals surface area (Å²) in [4.78, 5) is 19.2. The monoisotopic (exact) mass is 247 g/mol. The van der Waals surface area contributed by atoms with Crippen LogP contribution in [-0.4, -0.2) is 23.0 Å². The Bertz CT molecular complexity index is 602. The molecule has 2 N–H and O–H groups in total. The molecule has 18 heavy (non-hydrogen) atoms. The number of aromatic nitrogens is 2. The molecule has 2 aromatic rings. The molecule has 5 nitrogen and oxygen atoms in total. The van der Waals surface area contributed by atoms with E-state index < -0.39 is 11.8 Å². The topological polar surface area (TPSA) is 78.1 Å². The maximum atomic E-state index is 13.1. The SMILES string of the molecule is COC(=O)c1nc(-c2cncc(F)c2)ccc1N. The summed E-state index contributed by atoms with van der Waals surface area (Å²) in [6.07, 6.45) is 2.53. The average Bonchev–Trinajstić information content (AvgIpc) is 2.38. The lowest BCUT2D eigenvalue weighted by Gasteiger charge is -2.06. The van der Waals surface area contributed by atoms with Crippen LogP contribution in [-0.2, 0) is 4.74 Å². The lowest BCUT2D eigenvalue weighted by molar-refractivity contribution is 0.0595. The van der Waals surface area contributed by atoms with E-state index in [2.05, 4.69) is 14.7 Å². The molecule has 0 saturated carbocycles. The van der Waals surface area contributed by atoms with E-state index in [1.807, 2.05) is 0 Å². The third-order valence-electron chi connectivity index (χ3n) is 2.31. The third kappa shape index (κ3) is 2.27. The Kier molecular flexibility index (Phi) is 3.18. The van der Waals surface area contributed by atoms with Gasteiger partial charge in [-0.1, -0.05) is 0 Å². The fourth-order valence-electron chi connectivity index (χ4n) is 1.44. The minimum Gasteiger partial charge on any atom is -0.464 e. The molecule has 0 aliphatic rings. The van der Waals surface area contributed by atoms with E-state index in [-0.39, 0.29) is 11.4 Å². The molecule has 6 heteroatoms. The number of nitrogen functional groups attached to an aromatic ring is 1. The van der Waals surface area contributed by atoms with E-state index in [1.54, 1.807) is 6.07 Å². The zero-order valence-electron chi connectivity index (χ0n) is 9.55. The number of halogens is 1. The van der Waals surface area contributed by atoms with Crippen molar-refractivity contribution >= 4 is 11.7 Å². The second-order valence-electron chi connectivity index (χ2n) is 3.52. The van der Waals surface area contributed by atoms with E-state index in [0.717, 1.165) is 6.20 Å². The molecule has 0 amide bonds. The van der Waals surface area contributed by atoms with E-state index in [0.29, 0.717) is 11.3 Å². The number of rotatable bonds is 2. The fourth-order valence-corrected chi connectivity index (χ4v) is 1.44. The number of esters is 1. The number of hydrogen-bond acceptors (Lipinski definition) is 5. The molecule has 2 rings (SSSR count). The summed E-state index contributed by atoms with van der Waals surface area (Å²) in [5, 5.41) is 0. The van der Waals surface area contributed by atoms with Gasteiger partial charge in [0.1, 0.15) is 5.82 Å². The van der Waals surface area contributed by atoms with Gasteiger partial charge in [-0.2, -0.15) is 0 Å². The largest absolute Gasteiger partial charge is 0.464 e. The number of anilines is 1. The van der Waals surface area contributed by atoms with Gasteiger partial charge in [0.15, 0.2) is 5.69 Å². The van der Waals surface area contributed by atoms with Crippen LogP contribution in [0.25, 0.3) is 11.3 Å². The molecule has 0 aliphatic heterocycles. The van der Waals surface area contributed by atoms with Crippen LogP contribution in [0.5, 0.6) is 0 Å². The first-order chi connectivity index (χ1) is 8.61. The third-order valence-corrected chi connectivity index (χ3v) is 2.31. The molecule has 0 bridgehead atoms. The highest BCUT2D eigenvalue weighted by Gasteiger charge is 2.13. The number of nitrogens with zero attached hydrogens (tertiary/aromatic N) is 2. The van der Waals surface area contributed by atoms with E-state index in [4.69, 9.17) is 5.73 Å². The Morgan fingerprint density at radius 3 is 2.83 bits per heavy atom. The minimum absolute atomic E-state index is 0.000684. The zero-order valence-corrected chi connectivity index (χ0v) is 9.55. The van der Waals surface area contributed by atoms with Crippen molar-refractivity contribution in [1.82, 2.24) is 9.97 Å². The minimum atomic E-state index is -0.640. The highest BCUT2D eigenvalue weighted by Crippen LogP contribution is 2.20. The summed E-state index contributed by atoms with van der Waals surface area (Å²) < 4.78 is 17.6. The molecule has 0 fully saturated rings. The first kappa shape index (κ1) is 12.0. The fraction of sp³-hybridized carbons (Fsp3) is 0.0833. The number of pyridine rings is 2. The molecule has 0 aromatic carbocycles. The second-order valence-corrected chi connectivity index (χ2v) is 3.52. The molecule has 0 atom stereocenters. The number of nitrogens with two attached hydrogens (primary N) is 1. The molecule has 0 saturated heterocycles. The lowest BCUT2D eigenvalue weighted by Crippen LogP contribution is -2.09. The number of hydrogen-bond donors (Lipinski definition) is 1. The van der Waals surface area contributed by atoms with Crippen LogP contribution in [0.15, 0.2) is 30.6 Å². The quantitative estimate of drug-likeness (QED) is 0.816. The van der Waals surface area contributed by atoms with Gasteiger partial charge in [0.2, 0.25) is 0 Å². The van der Waals surface area contributed by atoms with Crippen molar-refractivity contribution in [3.05, 3.63) is 42.1 Å². The van der Waals surface area contributed by atoms with Crippen molar-refractivity contribution in [2.24, 2.45) is 0 Å².